The van der Waals surface area contributed by atoms with Gasteiger partial charge < -0.3 is 10.1 Å². The van der Waals surface area contributed by atoms with Gasteiger partial charge >= 0.3 is 0 Å². The van der Waals surface area contributed by atoms with E-state index in [0.29, 0.717) is 18.7 Å². The minimum atomic E-state index is -3.46. The lowest BCUT2D eigenvalue weighted by Gasteiger charge is -2.13. The van der Waals surface area contributed by atoms with Crippen LogP contribution in [0.1, 0.15) is 31.2 Å². The molecule has 0 spiro atoms. The fourth-order valence-electron chi connectivity index (χ4n) is 3.23. The molecule has 28 heavy (non-hydrogen) atoms. The molecular formula is C21H26N2O4S. The third kappa shape index (κ3) is 6.07. The zero-order valence-corrected chi connectivity index (χ0v) is 16.6. The number of sulfonamides is 1. The average molecular weight is 403 g/mol. The number of para-hydroxylation sites is 1. The topological polar surface area (TPSA) is 84.5 Å². The van der Waals surface area contributed by atoms with E-state index in [1.165, 1.54) is 0 Å². The minimum Gasteiger partial charge on any atom is -0.484 e. The van der Waals surface area contributed by atoms with E-state index in [4.69, 9.17) is 4.74 Å². The molecular weight excluding hydrogens is 376 g/mol. The van der Waals surface area contributed by atoms with E-state index in [1.54, 1.807) is 36.4 Å². The Hall–Kier alpha value is -2.38. The first-order valence-corrected chi connectivity index (χ1v) is 11.1. The van der Waals surface area contributed by atoms with Gasteiger partial charge in [0.05, 0.1) is 4.90 Å². The third-order valence-corrected chi connectivity index (χ3v) is 6.30. The van der Waals surface area contributed by atoms with Crippen LogP contribution in [0.15, 0.2) is 59.5 Å². The second-order valence-corrected chi connectivity index (χ2v) is 8.66. The van der Waals surface area contributed by atoms with Gasteiger partial charge in [0.25, 0.3) is 5.91 Å². The molecule has 6 nitrogen and oxygen atoms in total. The summed E-state index contributed by atoms with van der Waals surface area (Å²) in [7, 11) is -3.46. The van der Waals surface area contributed by atoms with Gasteiger partial charge in [-0.2, -0.15) is 0 Å². The Morgan fingerprint density at radius 3 is 2.36 bits per heavy atom. The first-order chi connectivity index (χ1) is 13.5. The number of benzene rings is 2. The first kappa shape index (κ1) is 20.4. The van der Waals surface area contributed by atoms with E-state index >= 15 is 0 Å². The molecule has 2 aromatic rings. The minimum absolute atomic E-state index is 0.0337. The molecule has 0 unspecified atom stereocenters. The third-order valence-electron chi connectivity index (χ3n) is 4.76. The Morgan fingerprint density at radius 1 is 1.00 bits per heavy atom. The van der Waals surface area contributed by atoms with E-state index in [2.05, 4.69) is 10.0 Å². The van der Waals surface area contributed by atoms with Crippen LogP contribution >= 0.6 is 0 Å². The molecule has 2 N–H and O–H groups in total. The van der Waals surface area contributed by atoms with Crippen molar-refractivity contribution in [1.29, 1.82) is 0 Å². The molecule has 7 heteroatoms. The van der Waals surface area contributed by atoms with Crippen molar-refractivity contribution < 1.29 is 17.9 Å². The van der Waals surface area contributed by atoms with E-state index in [0.717, 1.165) is 31.2 Å². The number of ether oxygens (including phenoxy) is 1. The molecule has 0 heterocycles. The van der Waals surface area contributed by atoms with Crippen molar-refractivity contribution in [2.24, 2.45) is 0 Å². The quantitative estimate of drug-likeness (QED) is 0.675. The first-order valence-electron chi connectivity index (χ1n) is 9.59. The van der Waals surface area contributed by atoms with Crippen molar-refractivity contribution in [3.05, 3.63) is 60.2 Å². The maximum Gasteiger partial charge on any atom is 0.257 e. The highest BCUT2D eigenvalue weighted by Gasteiger charge is 2.22. The van der Waals surface area contributed by atoms with Crippen LogP contribution in [0.3, 0.4) is 0 Å². The largest absolute Gasteiger partial charge is 0.484 e. The van der Waals surface area contributed by atoms with Gasteiger partial charge in [0.15, 0.2) is 6.61 Å². The normalized spacial score (nSPS) is 14.7. The summed E-state index contributed by atoms with van der Waals surface area (Å²) in [5.74, 6) is 0.462. The van der Waals surface area contributed by atoms with Gasteiger partial charge in [0.1, 0.15) is 5.75 Å². The van der Waals surface area contributed by atoms with Crippen LogP contribution in [-0.2, 0) is 21.2 Å². The van der Waals surface area contributed by atoms with Gasteiger partial charge in [-0.25, -0.2) is 13.1 Å². The highest BCUT2D eigenvalue weighted by Crippen LogP contribution is 2.20. The molecule has 150 valence electrons. The van der Waals surface area contributed by atoms with Gasteiger partial charge in [-0.15, -0.1) is 0 Å². The predicted molar refractivity (Wildman–Crippen MR) is 108 cm³/mol. The molecule has 0 saturated heterocycles. The smallest absolute Gasteiger partial charge is 0.257 e. The summed E-state index contributed by atoms with van der Waals surface area (Å²) in [6.07, 6.45) is 4.59. The number of amides is 1. The maximum atomic E-state index is 12.4. The van der Waals surface area contributed by atoms with E-state index in [-0.39, 0.29) is 23.5 Å². The highest BCUT2D eigenvalue weighted by atomic mass is 32.2. The molecule has 0 bridgehead atoms. The van der Waals surface area contributed by atoms with Gasteiger partial charge in [0.2, 0.25) is 10.0 Å². The van der Waals surface area contributed by atoms with Gasteiger partial charge in [-0.3, -0.25) is 4.79 Å². The molecule has 1 fully saturated rings. The Balaban J connectivity index is 1.42. The lowest BCUT2D eigenvalue weighted by Crippen LogP contribution is -2.32. The molecule has 3 rings (SSSR count). The van der Waals surface area contributed by atoms with Crippen LogP contribution < -0.4 is 14.8 Å². The summed E-state index contributed by atoms with van der Waals surface area (Å²) >= 11 is 0. The summed E-state index contributed by atoms with van der Waals surface area (Å²) in [6.45, 7) is 0.428. The molecule has 0 aromatic heterocycles. The standard InChI is InChI=1S/C21H26N2O4S/c24-21(16-27-19-8-2-1-3-9-19)22-15-14-17-10-12-20(13-11-17)28(25,26)23-18-6-4-5-7-18/h1-3,8-13,18,23H,4-7,14-16H2,(H,22,24). The molecule has 0 radical (unpaired) electrons. The summed E-state index contributed by atoms with van der Waals surface area (Å²) < 4.78 is 33.0. The second-order valence-electron chi connectivity index (χ2n) is 6.95. The fraction of sp³-hybridized carbons (Fsp3) is 0.381. The van der Waals surface area contributed by atoms with Crippen molar-refractivity contribution in [2.45, 2.75) is 43.0 Å². The van der Waals surface area contributed by atoms with Crippen molar-refractivity contribution in [2.75, 3.05) is 13.2 Å². The second kappa shape index (κ2) is 9.71. The predicted octanol–water partition coefficient (Wildman–Crippen LogP) is 2.65. The number of carbonyl (C=O) groups excluding carboxylic acids is 1. The van der Waals surface area contributed by atoms with E-state index < -0.39 is 10.0 Å². The van der Waals surface area contributed by atoms with Gasteiger partial charge in [0, 0.05) is 12.6 Å². The molecule has 1 aliphatic carbocycles. The molecule has 0 atom stereocenters. The molecule has 1 saturated carbocycles. The summed E-state index contributed by atoms with van der Waals surface area (Å²) in [6, 6.07) is 16.0. The van der Waals surface area contributed by atoms with Crippen LogP contribution in [0.4, 0.5) is 0 Å². The lowest BCUT2D eigenvalue weighted by atomic mass is 10.1. The SMILES string of the molecule is O=C(COc1ccccc1)NCCc1ccc(S(=O)(=O)NC2CCCC2)cc1. The van der Waals surface area contributed by atoms with Gasteiger partial charge in [-0.05, 0) is 49.1 Å². The maximum absolute atomic E-state index is 12.4. The monoisotopic (exact) mass is 402 g/mol. The van der Waals surface area contributed by atoms with Crippen molar-refractivity contribution in [3.8, 4) is 5.75 Å². The van der Waals surface area contributed by atoms with Crippen molar-refractivity contribution in [3.63, 3.8) is 0 Å². The Morgan fingerprint density at radius 2 is 1.68 bits per heavy atom. The van der Waals surface area contributed by atoms with E-state index in [1.807, 2.05) is 18.2 Å². The fourth-order valence-corrected chi connectivity index (χ4v) is 4.53. The lowest BCUT2D eigenvalue weighted by molar-refractivity contribution is -0.123. The zero-order valence-electron chi connectivity index (χ0n) is 15.8. The number of carbonyl (C=O) groups is 1. The summed E-state index contributed by atoms with van der Waals surface area (Å²) in [5.41, 5.74) is 0.962. The van der Waals surface area contributed by atoms with E-state index in [9.17, 15) is 13.2 Å². The van der Waals surface area contributed by atoms with Gasteiger partial charge in [-0.1, -0.05) is 43.2 Å². The summed E-state index contributed by atoms with van der Waals surface area (Å²) in [4.78, 5) is 12.1. The number of hydrogen-bond donors (Lipinski definition) is 2. The van der Waals surface area contributed by atoms with Crippen molar-refractivity contribution in [1.82, 2.24) is 10.0 Å². The number of rotatable bonds is 9. The summed E-state index contributed by atoms with van der Waals surface area (Å²) in [5, 5.41) is 2.80. The highest BCUT2D eigenvalue weighted by molar-refractivity contribution is 7.89. The number of hydrogen-bond acceptors (Lipinski definition) is 4. The zero-order chi connectivity index (χ0) is 19.8. The Labute approximate surface area is 166 Å². The Kier molecular flexibility index (Phi) is 7.06. The molecule has 1 aliphatic rings. The molecule has 2 aromatic carbocycles. The Bertz CT molecular complexity index is 861. The van der Waals surface area contributed by atoms with Crippen molar-refractivity contribution >= 4 is 15.9 Å². The van der Waals surface area contributed by atoms with Crippen LogP contribution in [0.25, 0.3) is 0 Å². The van der Waals surface area contributed by atoms with Crippen LogP contribution in [0.5, 0.6) is 5.75 Å². The van der Waals surface area contributed by atoms with Crippen LogP contribution in [0, 0.1) is 0 Å². The average Bonchev–Trinajstić information content (AvgIpc) is 3.20. The van der Waals surface area contributed by atoms with Crippen LogP contribution in [0.2, 0.25) is 0 Å². The van der Waals surface area contributed by atoms with Crippen LogP contribution in [-0.4, -0.2) is 33.5 Å². The molecule has 1 amide bonds. The molecule has 0 aliphatic heterocycles. The number of nitrogens with one attached hydrogen (secondary N) is 2.